The number of rotatable bonds is 10. The maximum Gasteiger partial charge on any atom is -0.0231 e. The Morgan fingerprint density at radius 1 is 1.06 bits per heavy atom. The summed E-state index contributed by atoms with van der Waals surface area (Å²) in [5, 5.41) is 0. The lowest BCUT2D eigenvalue weighted by Gasteiger charge is -2.17. The van der Waals surface area contributed by atoms with Gasteiger partial charge in [-0.1, -0.05) is 57.2 Å². The van der Waals surface area contributed by atoms with Gasteiger partial charge in [-0.05, 0) is 57.3 Å². The lowest BCUT2D eigenvalue weighted by atomic mass is 9.88. The van der Waals surface area contributed by atoms with Gasteiger partial charge >= 0.3 is 0 Å². The van der Waals surface area contributed by atoms with Gasteiger partial charge in [0, 0.05) is 0 Å². The summed E-state index contributed by atoms with van der Waals surface area (Å²) in [7, 11) is 0. The van der Waals surface area contributed by atoms with Gasteiger partial charge in [-0.25, -0.2) is 0 Å². The Balaban J connectivity index is 3.83. The highest BCUT2D eigenvalue weighted by Gasteiger charge is 2.09. The second kappa shape index (κ2) is 10.2. The third-order valence-electron chi connectivity index (χ3n) is 4.01. The lowest BCUT2D eigenvalue weighted by Crippen LogP contribution is -2.02. The molecular formula is C18H32. The van der Waals surface area contributed by atoms with Crippen molar-refractivity contribution in [3.63, 3.8) is 0 Å². The quantitative estimate of drug-likeness (QED) is 0.314. The monoisotopic (exact) mass is 248 g/mol. The molecule has 0 aliphatic heterocycles. The van der Waals surface area contributed by atoms with E-state index in [1.165, 1.54) is 43.3 Å². The van der Waals surface area contributed by atoms with Crippen LogP contribution in [0.2, 0.25) is 0 Å². The van der Waals surface area contributed by atoms with Crippen LogP contribution in [0.25, 0.3) is 0 Å². The average Bonchev–Trinajstić information content (AvgIpc) is 2.39. The highest BCUT2D eigenvalue weighted by Crippen LogP contribution is 2.25. The summed E-state index contributed by atoms with van der Waals surface area (Å²) < 4.78 is 0. The van der Waals surface area contributed by atoms with Crippen LogP contribution in [0.1, 0.15) is 66.2 Å². The van der Waals surface area contributed by atoms with Gasteiger partial charge in [0.25, 0.3) is 0 Å². The molecule has 0 nitrogen and oxygen atoms in total. The predicted molar refractivity (Wildman–Crippen MR) is 84.8 cm³/mol. The number of allylic oxidation sites excluding steroid dienone is 4. The number of hydrogen-bond acceptors (Lipinski definition) is 0. The molecule has 0 bridgehead atoms. The molecule has 0 saturated heterocycles. The Morgan fingerprint density at radius 2 is 1.67 bits per heavy atom. The molecule has 2 unspecified atom stereocenters. The molecule has 0 aliphatic carbocycles. The van der Waals surface area contributed by atoms with Gasteiger partial charge in [0.1, 0.15) is 0 Å². The van der Waals surface area contributed by atoms with Gasteiger partial charge < -0.3 is 0 Å². The minimum absolute atomic E-state index is 0.636. The Bertz CT molecular complexity index is 270. The van der Waals surface area contributed by atoms with Crippen LogP contribution in [-0.4, -0.2) is 0 Å². The molecule has 18 heavy (non-hydrogen) atoms. The molecule has 0 fully saturated rings. The molecule has 0 aromatic heterocycles. The zero-order valence-electron chi connectivity index (χ0n) is 13.0. The second-order valence-corrected chi connectivity index (χ2v) is 5.53. The third kappa shape index (κ3) is 7.53. The standard InChI is InChI=1S/C18H32/c1-7-9-10-11-12-16(4)18(6)14-13-17(5)15(3)8-2/h7,9,15,18H,4-5,8,10-14H2,1-3,6H3/b9-7-. The molecule has 0 saturated carbocycles. The first kappa shape index (κ1) is 17.2. The molecule has 2 atom stereocenters. The molecule has 0 N–H and O–H groups in total. The molecular weight excluding hydrogens is 216 g/mol. The second-order valence-electron chi connectivity index (χ2n) is 5.53. The maximum absolute atomic E-state index is 4.24. The SMILES string of the molecule is C=C(CCC(C)C(=C)CCC/C=C\C)C(C)CC. The Morgan fingerprint density at radius 3 is 2.22 bits per heavy atom. The van der Waals surface area contributed by atoms with Crippen LogP contribution in [0.4, 0.5) is 0 Å². The van der Waals surface area contributed by atoms with Crippen LogP contribution in [0, 0.1) is 11.8 Å². The fourth-order valence-corrected chi connectivity index (χ4v) is 2.00. The summed E-state index contributed by atoms with van der Waals surface area (Å²) >= 11 is 0. The fourth-order valence-electron chi connectivity index (χ4n) is 2.00. The zero-order valence-corrected chi connectivity index (χ0v) is 13.0. The highest BCUT2D eigenvalue weighted by molar-refractivity contribution is 5.04. The van der Waals surface area contributed by atoms with Crippen molar-refractivity contribution in [2.75, 3.05) is 0 Å². The number of unbranched alkanes of at least 4 members (excludes halogenated alkanes) is 1. The van der Waals surface area contributed by atoms with Crippen molar-refractivity contribution in [1.82, 2.24) is 0 Å². The molecule has 0 heteroatoms. The largest absolute Gasteiger partial charge is 0.0996 e. The summed E-state index contributed by atoms with van der Waals surface area (Å²) in [6.45, 7) is 17.3. The van der Waals surface area contributed by atoms with E-state index in [-0.39, 0.29) is 0 Å². The van der Waals surface area contributed by atoms with E-state index < -0.39 is 0 Å². The summed E-state index contributed by atoms with van der Waals surface area (Å²) in [4.78, 5) is 0. The third-order valence-corrected chi connectivity index (χ3v) is 4.01. The first-order chi connectivity index (χ1) is 8.52. The molecule has 0 rings (SSSR count). The molecule has 104 valence electrons. The van der Waals surface area contributed by atoms with Crippen molar-refractivity contribution in [1.29, 1.82) is 0 Å². The molecule has 0 heterocycles. The minimum Gasteiger partial charge on any atom is -0.0996 e. The van der Waals surface area contributed by atoms with Crippen LogP contribution in [0.5, 0.6) is 0 Å². The average molecular weight is 248 g/mol. The van der Waals surface area contributed by atoms with E-state index in [2.05, 4.69) is 53.0 Å². The van der Waals surface area contributed by atoms with Crippen molar-refractivity contribution in [3.8, 4) is 0 Å². The van der Waals surface area contributed by atoms with Crippen LogP contribution in [0.15, 0.2) is 36.5 Å². The van der Waals surface area contributed by atoms with Crippen molar-refractivity contribution < 1.29 is 0 Å². The molecule has 0 spiro atoms. The van der Waals surface area contributed by atoms with Crippen molar-refractivity contribution in [2.45, 2.75) is 66.2 Å². The smallest absolute Gasteiger partial charge is 0.0231 e. The number of hydrogen-bond donors (Lipinski definition) is 0. The van der Waals surface area contributed by atoms with Crippen molar-refractivity contribution >= 4 is 0 Å². The summed E-state index contributed by atoms with van der Waals surface area (Å²) in [6, 6.07) is 0. The van der Waals surface area contributed by atoms with E-state index >= 15 is 0 Å². The van der Waals surface area contributed by atoms with Gasteiger partial charge in [0.2, 0.25) is 0 Å². The van der Waals surface area contributed by atoms with Gasteiger partial charge in [-0.15, -0.1) is 0 Å². The van der Waals surface area contributed by atoms with Crippen LogP contribution < -0.4 is 0 Å². The zero-order chi connectivity index (χ0) is 14.0. The van der Waals surface area contributed by atoms with Crippen molar-refractivity contribution in [3.05, 3.63) is 36.5 Å². The Labute approximate surface area is 115 Å². The van der Waals surface area contributed by atoms with Crippen LogP contribution in [0.3, 0.4) is 0 Å². The van der Waals surface area contributed by atoms with Crippen molar-refractivity contribution in [2.24, 2.45) is 11.8 Å². The van der Waals surface area contributed by atoms with E-state index in [1.54, 1.807) is 0 Å². The first-order valence-electron chi connectivity index (χ1n) is 7.49. The molecule has 0 amide bonds. The van der Waals surface area contributed by atoms with E-state index in [4.69, 9.17) is 0 Å². The highest BCUT2D eigenvalue weighted by atomic mass is 14.2. The van der Waals surface area contributed by atoms with Gasteiger partial charge in [0.15, 0.2) is 0 Å². The predicted octanol–water partition coefficient (Wildman–Crippen LogP) is 6.31. The fraction of sp³-hybridized carbons (Fsp3) is 0.667. The molecule has 0 aliphatic rings. The summed E-state index contributed by atoms with van der Waals surface area (Å²) in [6.07, 6.45) is 11.5. The van der Waals surface area contributed by atoms with Gasteiger partial charge in [0.05, 0.1) is 0 Å². The molecule has 0 radical (unpaired) electrons. The molecule has 0 aromatic carbocycles. The van der Waals surface area contributed by atoms with E-state index in [1.807, 2.05) is 0 Å². The normalized spacial score (nSPS) is 14.7. The Kier molecular flexibility index (Phi) is 9.73. The topological polar surface area (TPSA) is 0 Å². The first-order valence-corrected chi connectivity index (χ1v) is 7.49. The van der Waals surface area contributed by atoms with Crippen LogP contribution >= 0.6 is 0 Å². The minimum atomic E-state index is 0.636. The summed E-state index contributed by atoms with van der Waals surface area (Å²) in [5.41, 5.74) is 2.82. The van der Waals surface area contributed by atoms with Gasteiger partial charge in [-0.3, -0.25) is 0 Å². The lowest BCUT2D eigenvalue weighted by molar-refractivity contribution is 0.543. The van der Waals surface area contributed by atoms with Gasteiger partial charge in [-0.2, -0.15) is 0 Å². The van der Waals surface area contributed by atoms with Crippen LogP contribution in [-0.2, 0) is 0 Å². The summed E-state index contributed by atoms with van der Waals surface area (Å²) in [5.74, 6) is 1.30. The van der Waals surface area contributed by atoms with E-state index in [0.717, 1.165) is 6.42 Å². The maximum atomic E-state index is 4.24. The molecule has 0 aromatic rings. The van der Waals surface area contributed by atoms with E-state index in [9.17, 15) is 0 Å². The van der Waals surface area contributed by atoms with E-state index in [0.29, 0.717) is 11.8 Å². The Hall–Kier alpha value is -0.780.